The number of carbonyl (C=O) groups is 1. The molecule has 1 aromatic carbocycles. The number of rotatable bonds is 37. The van der Waals surface area contributed by atoms with E-state index >= 15 is 0 Å². The van der Waals surface area contributed by atoms with E-state index < -0.39 is 0 Å². The van der Waals surface area contributed by atoms with Crippen molar-refractivity contribution in [1.29, 1.82) is 0 Å². The lowest BCUT2D eigenvalue weighted by Gasteiger charge is -2.26. The summed E-state index contributed by atoms with van der Waals surface area (Å²) in [6.07, 6.45) is 35.8. The van der Waals surface area contributed by atoms with Crippen LogP contribution in [0, 0.1) is 5.92 Å². The first-order chi connectivity index (χ1) is 28.0. The Labute approximate surface area is 350 Å². The topological polar surface area (TPSA) is 66.3 Å². The van der Waals surface area contributed by atoms with E-state index in [1.165, 1.54) is 174 Å². The van der Waals surface area contributed by atoms with E-state index in [0.717, 1.165) is 54.3 Å². The van der Waals surface area contributed by atoms with Gasteiger partial charge in [-0.3, -0.25) is 4.79 Å². The van der Waals surface area contributed by atoms with Crippen molar-refractivity contribution in [3.8, 4) is 0 Å². The Bertz CT molecular complexity index is 1420. The fraction of sp³-hybridized carbons (Fsp3) is 0.780. The smallest absolute Gasteiger partial charge is 0.225 e. The molecule has 0 aliphatic heterocycles. The number of unbranched alkanes of at least 4 members (excludes halogenated alkanes) is 20. The quantitative estimate of drug-likeness (QED) is 0.0589. The second kappa shape index (κ2) is 31.4. The Morgan fingerprint density at radius 2 is 1.04 bits per heavy atom. The second-order valence-electron chi connectivity index (χ2n) is 17.7. The van der Waals surface area contributed by atoms with Gasteiger partial charge in [-0.15, -0.1) is 0 Å². The van der Waals surface area contributed by atoms with Gasteiger partial charge in [-0.05, 0) is 89.8 Å². The zero-order chi connectivity index (χ0) is 40.8. The van der Waals surface area contributed by atoms with E-state index in [9.17, 15) is 4.79 Å². The van der Waals surface area contributed by atoms with Crippen molar-refractivity contribution in [2.24, 2.45) is 5.92 Å². The monoisotopic (exact) mass is 789 g/mol. The summed E-state index contributed by atoms with van der Waals surface area (Å²) in [5, 5.41) is 4.23. The van der Waals surface area contributed by atoms with E-state index in [-0.39, 0.29) is 5.91 Å². The summed E-state index contributed by atoms with van der Waals surface area (Å²) in [6, 6.07) is 8.20. The van der Waals surface area contributed by atoms with Gasteiger partial charge in [0.25, 0.3) is 0 Å². The molecule has 7 heteroatoms. The number of anilines is 1. The van der Waals surface area contributed by atoms with Crippen molar-refractivity contribution in [2.75, 3.05) is 44.6 Å². The molecule has 0 bridgehead atoms. The van der Waals surface area contributed by atoms with Crippen molar-refractivity contribution in [2.45, 2.75) is 208 Å². The molecule has 0 aliphatic rings. The lowest BCUT2D eigenvalue weighted by Crippen LogP contribution is -2.32. The molecule has 2 heterocycles. The molecule has 0 saturated heterocycles. The highest BCUT2D eigenvalue weighted by atomic mass is 16.1. The fourth-order valence-corrected chi connectivity index (χ4v) is 8.46. The molecule has 0 fully saturated rings. The van der Waals surface area contributed by atoms with Gasteiger partial charge in [0.1, 0.15) is 5.52 Å². The molecule has 57 heavy (non-hydrogen) atoms. The minimum Gasteiger partial charge on any atom is -0.330 e. The molecule has 1 N–H and O–H groups in total. The molecule has 2 aromatic heterocycles. The van der Waals surface area contributed by atoms with Crippen LogP contribution in [0.4, 0.5) is 5.82 Å². The first kappa shape index (κ1) is 48.9. The molecule has 0 saturated carbocycles. The van der Waals surface area contributed by atoms with Crippen molar-refractivity contribution in [3.05, 3.63) is 30.6 Å². The lowest BCUT2D eigenvalue weighted by atomic mass is 10.1. The van der Waals surface area contributed by atoms with Gasteiger partial charge < -0.3 is 19.7 Å². The number of hydrogen-bond acceptors (Lipinski definition) is 5. The van der Waals surface area contributed by atoms with Gasteiger partial charge in [0.2, 0.25) is 5.91 Å². The van der Waals surface area contributed by atoms with Crippen LogP contribution in [0.1, 0.15) is 202 Å². The SMILES string of the molecule is CCCCCCCCCN(CCCCCCCCC)CCCN(CCCCCCCCC)CCCCCC(=O)Nc1nc2ccccc2c2c1ncn2CC(C)C. The summed E-state index contributed by atoms with van der Waals surface area (Å²) in [5.41, 5.74) is 2.74. The summed E-state index contributed by atoms with van der Waals surface area (Å²) in [5.74, 6) is 1.12. The number of aromatic nitrogens is 3. The second-order valence-corrected chi connectivity index (χ2v) is 17.7. The molecular weight excluding hydrogens is 701 g/mol. The van der Waals surface area contributed by atoms with Crippen LogP contribution in [0.5, 0.6) is 0 Å². The molecule has 0 unspecified atom stereocenters. The third kappa shape index (κ3) is 20.8. The van der Waals surface area contributed by atoms with Crippen LogP contribution in [0.15, 0.2) is 30.6 Å². The molecule has 3 rings (SSSR count). The van der Waals surface area contributed by atoms with Gasteiger partial charge in [0.15, 0.2) is 5.82 Å². The Hall–Kier alpha value is -2.51. The molecule has 0 spiro atoms. The minimum absolute atomic E-state index is 0.0411. The fourth-order valence-electron chi connectivity index (χ4n) is 8.46. The highest BCUT2D eigenvalue weighted by Crippen LogP contribution is 2.29. The van der Waals surface area contributed by atoms with Gasteiger partial charge in [0.05, 0.1) is 17.4 Å². The van der Waals surface area contributed by atoms with Crippen LogP contribution >= 0.6 is 0 Å². The maximum Gasteiger partial charge on any atom is 0.225 e. The molecule has 1 amide bonds. The van der Waals surface area contributed by atoms with Crippen LogP contribution in [-0.2, 0) is 11.3 Å². The molecule has 3 aromatic rings. The Balaban J connectivity index is 1.48. The number of hydrogen-bond donors (Lipinski definition) is 1. The number of fused-ring (bicyclic) bond motifs is 3. The number of pyridine rings is 1. The van der Waals surface area contributed by atoms with Crippen molar-refractivity contribution in [1.82, 2.24) is 24.3 Å². The summed E-state index contributed by atoms with van der Waals surface area (Å²) in [4.78, 5) is 28.4. The van der Waals surface area contributed by atoms with Gasteiger partial charge in [-0.1, -0.05) is 175 Å². The number of carbonyl (C=O) groups excluding carboxylic acids is 1. The van der Waals surface area contributed by atoms with Gasteiger partial charge in [-0.25, -0.2) is 9.97 Å². The average Bonchev–Trinajstić information content (AvgIpc) is 3.62. The number of para-hydroxylation sites is 1. The van der Waals surface area contributed by atoms with Crippen LogP contribution in [0.2, 0.25) is 0 Å². The third-order valence-electron chi connectivity index (χ3n) is 11.8. The predicted octanol–water partition coefficient (Wildman–Crippen LogP) is 14.0. The maximum absolute atomic E-state index is 13.3. The van der Waals surface area contributed by atoms with E-state index in [4.69, 9.17) is 9.97 Å². The van der Waals surface area contributed by atoms with Gasteiger partial charge in [0, 0.05) is 18.4 Å². The van der Waals surface area contributed by atoms with Crippen LogP contribution < -0.4 is 5.32 Å². The van der Waals surface area contributed by atoms with Crippen molar-refractivity contribution < 1.29 is 4.79 Å². The van der Waals surface area contributed by atoms with E-state index in [0.29, 0.717) is 18.2 Å². The number of imidazole rings is 1. The summed E-state index contributed by atoms with van der Waals surface area (Å²) in [7, 11) is 0. The maximum atomic E-state index is 13.3. The Morgan fingerprint density at radius 1 is 0.596 bits per heavy atom. The first-order valence-electron chi connectivity index (χ1n) is 24.4. The van der Waals surface area contributed by atoms with Crippen LogP contribution in [-0.4, -0.2) is 69.5 Å². The standard InChI is InChI=1S/C50H88N6O/c1-6-9-12-15-18-21-28-36-54(37-29-22-19-16-13-10-7-2)40-32-41-55(38-30-23-20-17-14-11-8-3)39-31-24-25-35-47(57)53-50-48-49(56(43-51-48)42-44(4)5)45-33-26-27-34-46(45)52-50/h26-27,33-34,43-44H,6-25,28-32,35-42H2,1-5H3,(H,52,53,57). The number of nitrogens with zero attached hydrogens (tertiary/aromatic N) is 5. The summed E-state index contributed by atoms with van der Waals surface area (Å²) >= 11 is 0. The average molecular weight is 789 g/mol. The van der Waals surface area contributed by atoms with Crippen molar-refractivity contribution in [3.63, 3.8) is 0 Å². The molecule has 0 radical (unpaired) electrons. The highest BCUT2D eigenvalue weighted by Gasteiger charge is 2.17. The highest BCUT2D eigenvalue weighted by molar-refractivity contribution is 6.09. The predicted molar refractivity (Wildman–Crippen MR) is 248 cm³/mol. The van der Waals surface area contributed by atoms with E-state index in [1.54, 1.807) is 0 Å². The zero-order valence-electron chi connectivity index (χ0n) is 37.9. The summed E-state index contributed by atoms with van der Waals surface area (Å²) in [6.45, 7) is 19.6. The van der Waals surface area contributed by atoms with E-state index in [1.807, 2.05) is 18.5 Å². The Kier molecular flexibility index (Phi) is 26.9. The summed E-state index contributed by atoms with van der Waals surface area (Å²) < 4.78 is 2.21. The molecular formula is C50H88N6O. The number of amides is 1. The van der Waals surface area contributed by atoms with E-state index in [2.05, 4.69) is 66.4 Å². The largest absolute Gasteiger partial charge is 0.330 e. The number of benzene rings is 1. The first-order valence-corrected chi connectivity index (χ1v) is 24.4. The third-order valence-corrected chi connectivity index (χ3v) is 11.8. The molecule has 0 atom stereocenters. The van der Waals surface area contributed by atoms with Crippen molar-refractivity contribution >= 4 is 33.7 Å². The molecule has 324 valence electrons. The lowest BCUT2D eigenvalue weighted by molar-refractivity contribution is -0.116. The zero-order valence-corrected chi connectivity index (χ0v) is 37.9. The van der Waals surface area contributed by atoms with Gasteiger partial charge in [-0.2, -0.15) is 0 Å². The van der Waals surface area contributed by atoms with Gasteiger partial charge >= 0.3 is 0 Å². The normalized spacial score (nSPS) is 12.0. The number of nitrogens with one attached hydrogen (secondary N) is 1. The molecule has 0 aliphatic carbocycles. The Morgan fingerprint density at radius 3 is 1.53 bits per heavy atom. The van der Waals surface area contributed by atoms with Crippen LogP contribution in [0.25, 0.3) is 21.9 Å². The minimum atomic E-state index is 0.0411. The molecule has 7 nitrogen and oxygen atoms in total. The van der Waals surface area contributed by atoms with Crippen LogP contribution in [0.3, 0.4) is 0 Å².